The maximum Gasteiger partial charge on any atom is 0.356 e. The van der Waals surface area contributed by atoms with Gasteiger partial charge in [0, 0.05) is 10.0 Å². The minimum Gasteiger partial charge on any atom is -0.321 e. The predicted molar refractivity (Wildman–Crippen MR) is 51.2 cm³/mol. The zero-order chi connectivity index (χ0) is 10.1. The van der Waals surface area contributed by atoms with E-state index in [0.717, 1.165) is 0 Å². The van der Waals surface area contributed by atoms with Gasteiger partial charge in [-0.3, -0.25) is 9.36 Å². The van der Waals surface area contributed by atoms with Gasteiger partial charge in [-0.05, 0) is 18.2 Å². The van der Waals surface area contributed by atoms with Crippen molar-refractivity contribution in [2.45, 2.75) is 0 Å². The maximum atomic E-state index is 10.9. The number of carbonyl (C=O) groups excluding carboxylic acids is 1. The summed E-state index contributed by atoms with van der Waals surface area (Å²) in [4.78, 5) is 28.1. The van der Waals surface area contributed by atoms with Crippen LogP contribution in [0.4, 0.5) is 0 Å². The number of aldehydes is 1. The fraction of sp³-hybridized carbons (Fsp3) is 0. The van der Waals surface area contributed by atoms with E-state index in [0.29, 0.717) is 10.8 Å². The van der Waals surface area contributed by atoms with Crippen LogP contribution < -0.4 is 5.30 Å². The normalized spacial score (nSPS) is 11.3. The molecule has 6 heteroatoms. The molecule has 0 aliphatic carbocycles. The van der Waals surface area contributed by atoms with E-state index in [4.69, 9.17) is 9.79 Å². The van der Waals surface area contributed by atoms with Crippen LogP contribution in [0.3, 0.4) is 0 Å². The molecule has 1 rings (SSSR count). The summed E-state index contributed by atoms with van der Waals surface area (Å²) in [5.74, 6) is 0. The Morgan fingerprint density at radius 1 is 1.38 bits per heavy atom. The van der Waals surface area contributed by atoms with Gasteiger partial charge in [0.15, 0.2) is 6.29 Å². The summed E-state index contributed by atoms with van der Waals surface area (Å²) in [6, 6.07) is 4.14. The monoisotopic (exact) mass is 264 g/mol. The number of carbonyl (C=O) groups is 1. The lowest BCUT2D eigenvalue weighted by Crippen LogP contribution is -2.10. The molecule has 0 unspecified atom stereocenters. The summed E-state index contributed by atoms with van der Waals surface area (Å²) in [5, 5.41) is -0.253. The summed E-state index contributed by atoms with van der Waals surface area (Å²) in [7, 11) is -4.36. The fourth-order valence-corrected chi connectivity index (χ4v) is 2.18. The van der Waals surface area contributed by atoms with Crippen LogP contribution in [0.2, 0.25) is 0 Å². The van der Waals surface area contributed by atoms with Crippen molar-refractivity contribution >= 4 is 35.1 Å². The highest BCUT2D eigenvalue weighted by atomic mass is 79.9. The zero-order valence-electron chi connectivity index (χ0n) is 6.35. The second kappa shape index (κ2) is 3.72. The van der Waals surface area contributed by atoms with Crippen molar-refractivity contribution in [2.24, 2.45) is 0 Å². The van der Waals surface area contributed by atoms with E-state index in [2.05, 4.69) is 15.9 Å². The Morgan fingerprint density at radius 3 is 2.46 bits per heavy atom. The van der Waals surface area contributed by atoms with Crippen LogP contribution >= 0.6 is 23.5 Å². The zero-order valence-corrected chi connectivity index (χ0v) is 8.83. The van der Waals surface area contributed by atoms with Gasteiger partial charge in [-0.1, -0.05) is 15.9 Å². The lowest BCUT2D eigenvalue weighted by molar-refractivity contribution is 0.112. The summed E-state index contributed by atoms with van der Waals surface area (Å²) in [6.07, 6.45) is 0.418. The van der Waals surface area contributed by atoms with Gasteiger partial charge in [-0.15, -0.1) is 0 Å². The molecule has 1 aromatic carbocycles. The molecule has 0 saturated heterocycles. The smallest absolute Gasteiger partial charge is 0.321 e. The lowest BCUT2D eigenvalue weighted by atomic mass is 10.2. The molecule has 0 radical (unpaired) electrons. The molecule has 0 fully saturated rings. The molecule has 0 aliphatic heterocycles. The summed E-state index contributed by atoms with van der Waals surface area (Å²) in [5.41, 5.74) is 0.0107. The van der Waals surface area contributed by atoms with E-state index < -0.39 is 7.60 Å². The first-order valence-corrected chi connectivity index (χ1v) is 5.66. The predicted octanol–water partition coefficient (Wildman–Crippen LogP) is 1.06. The van der Waals surface area contributed by atoms with Crippen molar-refractivity contribution in [2.75, 3.05) is 0 Å². The van der Waals surface area contributed by atoms with Gasteiger partial charge in [0.2, 0.25) is 0 Å². The second-order valence-corrected chi connectivity index (χ2v) is 4.85. The molecule has 0 atom stereocenters. The SMILES string of the molecule is O=Cc1ccc(Br)cc1P(=O)(O)O. The minimum absolute atomic E-state index is 0.0107. The van der Waals surface area contributed by atoms with Gasteiger partial charge in [0.05, 0.1) is 5.30 Å². The Bertz CT molecular complexity index is 384. The van der Waals surface area contributed by atoms with Crippen molar-refractivity contribution in [1.29, 1.82) is 0 Å². The average Bonchev–Trinajstić information content (AvgIpc) is 2.03. The first kappa shape index (κ1) is 10.6. The van der Waals surface area contributed by atoms with Crippen LogP contribution in [-0.2, 0) is 4.57 Å². The lowest BCUT2D eigenvalue weighted by Gasteiger charge is -2.06. The summed E-state index contributed by atoms with van der Waals surface area (Å²) < 4.78 is 11.4. The molecular weight excluding hydrogens is 259 g/mol. The molecule has 0 spiro atoms. The van der Waals surface area contributed by atoms with Crippen molar-refractivity contribution in [1.82, 2.24) is 0 Å². The third kappa shape index (κ3) is 2.48. The Morgan fingerprint density at radius 2 is 2.00 bits per heavy atom. The summed E-state index contributed by atoms with van der Waals surface area (Å²) >= 11 is 3.06. The van der Waals surface area contributed by atoms with E-state index in [1.807, 2.05) is 0 Å². The molecule has 0 aliphatic rings. The molecule has 0 saturated carbocycles. The highest BCUT2D eigenvalue weighted by Gasteiger charge is 2.21. The Labute approximate surface area is 82.9 Å². The van der Waals surface area contributed by atoms with Crippen LogP contribution in [0.5, 0.6) is 0 Å². The third-order valence-corrected chi connectivity index (χ3v) is 2.94. The molecule has 0 amide bonds. The Hall–Kier alpha value is -0.480. The highest BCUT2D eigenvalue weighted by Crippen LogP contribution is 2.35. The topological polar surface area (TPSA) is 74.6 Å². The van der Waals surface area contributed by atoms with Gasteiger partial charge in [0.1, 0.15) is 0 Å². The van der Waals surface area contributed by atoms with Crippen LogP contribution in [0, 0.1) is 0 Å². The summed E-state index contributed by atoms with van der Waals surface area (Å²) in [6.45, 7) is 0. The van der Waals surface area contributed by atoms with Gasteiger partial charge >= 0.3 is 7.60 Å². The number of hydrogen-bond acceptors (Lipinski definition) is 2. The molecule has 0 heterocycles. The maximum absolute atomic E-state index is 10.9. The molecule has 70 valence electrons. The number of halogens is 1. The van der Waals surface area contributed by atoms with Gasteiger partial charge < -0.3 is 9.79 Å². The van der Waals surface area contributed by atoms with Crippen LogP contribution in [0.15, 0.2) is 22.7 Å². The number of rotatable bonds is 2. The van der Waals surface area contributed by atoms with Crippen LogP contribution in [0.1, 0.15) is 10.4 Å². The van der Waals surface area contributed by atoms with E-state index in [9.17, 15) is 9.36 Å². The van der Waals surface area contributed by atoms with Crippen molar-refractivity contribution < 1.29 is 19.1 Å². The van der Waals surface area contributed by atoms with Crippen LogP contribution in [-0.4, -0.2) is 16.1 Å². The van der Waals surface area contributed by atoms with Crippen molar-refractivity contribution in [3.8, 4) is 0 Å². The van der Waals surface area contributed by atoms with Crippen molar-refractivity contribution in [3.63, 3.8) is 0 Å². The third-order valence-electron chi connectivity index (χ3n) is 1.43. The van der Waals surface area contributed by atoms with E-state index >= 15 is 0 Å². The molecule has 13 heavy (non-hydrogen) atoms. The van der Waals surface area contributed by atoms with E-state index in [1.165, 1.54) is 12.1 Å². The largest absolute Gasteiger partial charge is 0.356 e. The molecule has 4 nitrogen and oxygen atoms in total. The fourth-order valence-electron chi connectivity index (χ4n) is 0.869. The molecule has 0 bridgehead atoms. The average molecular weight is 265 g/mol. The Kier molecular flexibility index (Phi) is 3.03. The number of benzene rings is 1. The Balaban J connectivity index is 3.41. The van der Waals surface area contributed by atoms with E-state index in [-0.39, 0.29) is 10.9 Å². The minimum atomic E-state index is -4.36. The van der Waals surface area contributed by atoms with Gasteiger partial charge in [-0.25, -0.2) is 0 Å². The molecule has 0 aromatic heterocycles. The standard InChI is InChI=1S/C7H6BrO4P/c8-6-2-1-5(4-9)7(3-6)13(10,11)12/h1-4H,(H2,10,11,12). The van der Waals surface area contributed by atoms with Crippen molar-refractivity contribution in [3.05, 3.63) is 28.2 Å². The molecule has 1 aromatic rings. The first-order chi connectivity index (χ1) is 5.95. The first-order valence-electron chi connectivity index (χ1n) is 3.26. The molecular formula is C7H6BrO4P. The van der Waals surface area contributed by atoms with Crippen LogP contribution in [0.25, 0.3) is 0 Å². The quantitative estimate of drug-likeness (QED) is 0.619. The van der Waals surface area contributed by atoms with Gasteiger partial charge in [0.25, 0.3) is 0 Å². The van der Waals surface area contributed by atoms with Gasteiger partial charge in [-0.2, -0.15) is 0 Å². The second-order valence-electron chi connectivity index (χ2n) is 2.37. The highest BCUT2D eigenvalue weighted by molar-refractivity contribution is 9.10. The van der Waals surface area contributed by atoms with E-state index in [1.54, 1.807) is 6.07 Å². The number of hydrogen-bond donors (Lipinski definition) is 2. The molecule has 2 N–H and O–H groups in total.